The van der Waals surface area contributed by atoms with Gasteiger partial charge in [0.25, 0.3) is 0 Å². The van der Waals surface area contributed by atoms with Gasteiger partial charge in [-0.1, -0.05) is 13.8 Å². The molecule has 74 valence electrons. The number of aromatic nitrogens is 4. The number of fused-ring (bicyclic) bond motifs is 1. The molecule has 14 heavy (non-hydrogen) atoms. The van der Waals surface area contributed by atoms with Crippen LogP contribution in [0, 0.1) is 0 Å². The maximum absolute atomic E-state index is 9.30. The molecule has 0 aliphatic carbocycles. The maximum Gasteiger partial charge on any atom is 0.316 e. The van der Waals surface area contributed by atoms with Crippen LogP contribution in [0.15, 0.2) is 6.20 Å². The van der Waals surface area contributed by atoms with Gasteiger partial charge in [0.1, 0.15) is 0 Å². The molecule has 0 aliphatic rings. The fourth-order valence-electron chi connectivity index (χ4n) is 1.47. The Hall–Kier alpha value is -1.65. The largest absolute Gasteiger partial charge is 0.479 e. The highest BCUT2D eigenvalue weighted by Gasteiger charge is 2.12. The average Bonchev–Trinajstić information content (AvgIpc) is 2.42. The van der Waals surface area contributed by atoms with Crippen molar-refractivity contribution in [3.63, 3.8) is 0 Å². The third-order valence-electron chi connectivity index (χ3n) is 2.06. The highest BCUT2D eigenvalue weighted by Crippen LogP contribution is 2.22. The second-order valence-electron chi connectivity index (χ2n) is 3.60. The second kappa shape index (κ2) is 2.94. The van der Waals surface area contributed by atoms with Gasteiger partial charge in [-0.25, -0.2) is 0 Å². The van der Waals surface area contributed by atoms with E-state index in [1.165, 1.54) is 0 Å². The molecule has 0 aliphatic heterocycles. The molecule has 0 saturated carbocycles. The van der Waals surface area contributed by atoms with Crippen LogP contribution in [0.5, 0.6) is 6.01 Å². The van der Waals surface area contributed by atoms with E-state index in [-0.39, 0.29) is 11.9 Å². The van der Waals surface area contributed by atoms with Crippen molar-refractivity contribution in [1.29, 1.82) is 0 Å². The minimum Gasteiger partial charge on any atom is -0.479 e. The molecule has 0 spiro atoms. The summed E-state index contributed by atoms with van der Waals surface area (Å²) < 4.78 is 1.67. The normalized spacial score (nSPS) is 11.4. The van der Waals surface area contributed by atoms with Crippen LogP contribution in [0.1, 0.15) is 25.5 Å². The number of nitrogens with zero attached hydrogens (tertiary/aromatic N) is 4. The van der Waals surface area contributed by atoms with E-state index in [1.807, 2.05) is 27.1 Å². The SMILES string of the molecule is CC(C)c1nc(O)nc2nn(C)cc12. The van der Waals surface area contributed by atoms with Gasteiger partial charge in [0.05, 0.1) is 11.1 Å². The first kappa shape index (κ1) is 8.93. The summed E-state index contributed by atoms with van der Waals surface area (Å²) >= 11 is 0. The number of aromatic hydroxyl groups is 1. The van der Waals surface area contributed by atoms with E-state index in [2.05, 4.69) is 15.1 Å². The summed E-state index contributed by atoms with van der Waals surface area (Å²) in [5.41, 5.74) is 1.38. The molecule has 2 aromatic rings. The standard InChI is InChI=1S/C9H12N4O/c1-5(2)7-6-4-13(3)12-8(6)11-9(14)10-7/h4-5H,1-3H3,(H,11,12,14). The van der Waals surface area contributed by atoms with Gasteiger partial charge in [0, 0.05) is 13.2 Å². The van der Waals surface area contributed by atoms with Gasteiger partial charge in [0.2, 0.25) is 0 Å². The van der Waals surface area contributed by atoms with Crippen LogP contribution in [-0.4, -0.2) is 24.9 Å². The lowest BCUT2D eigenvalue weighted by Crippen LogP contribution is -1.95. The van der Waals surface area contributed by atoms with Crippen LogP contribution in [0.2, 0.25) is 0 Å². The predicted molar refractivity (Wildman–Crippen MR) is 52.1 cm³/mol. The molecule has 5 heteroatoms. The van der Waals surface area contributed by atoms with Crippen LogP contribution < -0.4 is 0 Å². The monoisotopic (exact) mass is 192 g/mol. The molecule has 2 heterocycles. The van der Waals surface area contributed by atoms with Gasteiger partial charge in [-0.2, -0.15) is 15.1 Å². The van der Waals surface area contributed by atoms with E-state index in [0.29, 0.717) is 5.65 Å². The molecule has 0 saturated heterocycles. The van der Waals surface area contributed by atoms with Gasteiger partial charge in [-0.05, 0) is 5.92 Å². The highest BCUT2D eigenvalue weighted by atomic mass is 16.3. The van der Waals surface area contributed by atoms with E-state index in [0.717, 1.165) is 11.1 Å². The molecule has 0 bridgehead atoms. The van der Waals surface area contributed by atoms with Crippen molar-refractivity contribution in [1.82, 2.24) is 19.7 Å². The zero-order valence-corrected chi connectivity index (χ0v) is 8.39. The van der Waals surface area contributed by atoms with Crippen molar-refractivity contribution < 1.29 is 5.11 Å². The summed E-state index contributed by atoms with van der Waals surface area (Å²) in [6, 6.07) is -0.208. The zero-order chi connectivity index (χ0) is 10.3. The lowest BCUT2D eigenvalue weighted by molar-refractivity contribution is 0.429. The molecule has 0 aromatic carbocycles. The molecular formula is C9H12N4O. The lowest BCUT2D eigenvalue weighted by Gasteiger charge is -2.04. The number of hydrogen-bond donors (Lipinski definition) is 1. The Balaban J connectivity index is 2.79. The summed E-state index contributed by atoms with van der Waals surface area (Å²) in [4.78, 5) is 7.86. The van der Waals surface area contributed by atoms with Crippen molar-refractivity contribution in [2.75, 3.05) is 0 Å². The van der Waals surface area contributed by atoms with Crippen LogP contribution in [0.25, 0.3) is 11.0 Å². The van der Waals surface area contributed by atoms with Crippen molar-refractivity contribution >= 4 is 11.0 Å². The average molecular weight is 192 g/mol. The molecule has 2 aromatic heterocycles. The topological polar surface area (TPSA) is 63.8 Å². The van der Waals surface area contributed by atoms with Crippen molar-refractivity contribution in [3.8, 4) is 6.01 Å². The fraction of sp³-hybridized carbons (Fsp3) is 0.444. The highest BCUT2D eigenvalue weighted by molar-refractivity contribution is 5.77. The molecular weight excluding hydrogens is 180 g/mol. The van der Waals surface area contributed by atoms with Gasteiger partial charge in [-0.15, -0.1) is 0 Å². The molecule has 0 radical (unpaired) electrons. The minimum atomic E-state index is -0.208. The van der Waals surface area contributed by atoms with E-state index in [9.17, 15) is 5.11 Å². The first-order valence-corrected chi connectivity index (χ1v) is 4.48. The number of aryl methyl sites for hydroxylation is 1. The van der Waals surface area contributed by atoms with Gasteiger partial charge < -0.3 is 5.11 Å². The smallest absolute Gasteiger partial charge is 0.316 e. The first-order chi connectivity index (χ1) is 6.58. The van der Waals surface area contributed by atoms with Crippen LogP contribution in [-0.2, 0) is 7.05 Å². The van der Waals surface area contributed by atoms with E-state index in [1.54, 1.807) is 4.68 Å². The molecule has 0 atom stereocenters. The van der Waals surface area contributed by atoms with Crippen LogP contribution in [0.4, 0.5) is 0 Å². The maximum atomic E-state index is 9.30. The first-order valence-electron chi connectivity index (χ1n) is 4.48. The Morgan fingerprint density at radius 3 is 2.71 bits per heavy atom. The summed E-state index contributed by atoms with van der Waals surface area (Å²) in [7, 11) is 1.82. The van der Waals surface area contributed by atoms with Gasteiger partial charge in [-0.3, -0.25) is 4.68 Å². The Kier molecular flexibility index (Phi) is 1.87. The van der Waals surface area contributed by atoms with Crippen molar-refractivity contribution in [2.24, 2.45) is 7.05 Å². The zero-order valence-electron chi connectivity index (χ0n) is 8.39. The fourth-order valence-corrected chi connectivity index (χ4v) is 1.47. The van der Waals surface area contributed by atoms with Crippen LogP contribution >= 0.6 is 0 Å². The van der Waals surface area contributed by atoms with E-state index < -0.39 is 0 Å². The molecule has 2 rings (SSSR count). The van der Waals surface area contributed by atoms with Crippen molar-refractivity contribution in [2.45, 2.75) is 19.8 Å². The molecule has 0 amide bonds. The Labute approximate surface area is 81.4 Å². The van der Waals surface area contributed by atoms with E-state index in [4.69, 9.17) is 0 Å². The molecule has 5 nitrogen and oxygen atoms in total. The van der Waals surface area contributed by atoms with E-state index >= 15 is 0 Å². The minimum absolute atomic E-state index is 0.208. The Morgan fingerprint density at radius 1 is 1.36 bits per heavy atom. The predicted octanol–water partition coefficient (Wildman–Crippen LogP) is 1.19. The molecule has 1 N–H and O–H groups in total. The summed E-state index contributed by atoms with van der Waals surface area (Å²) in [5.74, 6) is 0.246. The quantitative estimate of drug-likeness (QED) is 0.737. The van der Waals surface area contributed by atoms with Gasteiger partial charge >= 0.3 is 6.01 Å². The molecule has 0 fully saturated rings. The summed E-state index contributed by atoms with van der Waals surface area (Å²) in [6.45, 7) is 4.04. The third-order valence-corrected chi connectivity index (χ3v) is 2.06. The number of hydrogen-bond acceptors (Lipinski definition) is 4. The summed E-state index contributed by atoms with van der Waals surface area (Å²) in [5, 5.41) is 14.3. The summed E-state index contributed by atoms with van der Waals surface area (Å²) in [6.07, 6.45) is 1.87. The number of rotatable bonds is 1. The van der Waals surface area contributed by atoms with Crippen molar-refractivity contribution in [3.05, 3.63) is 11.9 Å². The van der Waals surface area contributed by atoms with Gasteiger partial charge in [0.15, 0.2) is 5.65 Å². The Bertz CT molecular complexity index is 475. The molecule has 0 unspecified atom stereocenters. The Morgan fingerprint density at radius 2 is 2.07 bits per heavy atom. The third kappa shape index (κ3) is 1.30. The second-order valence-corrected chi connectivity index (χ2v) is 3.60. The van der Waals surface area contributed by atoms with Crippen LogP contribution in [0.3, 0.4) is 0 Å². The lowest BCUT2D eigenvalue weighted by atomic mass is 10.1.